The van der Waals surface area contributed by atoms with E-state index < -0.39 is 34.8 Å². The average Bonchev–Trinajstić information content (AvgIpc) is 3.31. The van der Waals surface area contributed by atoms with Crippen LogP contribution in [-0.2, 0) is 14.4 Å². The van der Waals surface area contributed by atoms with Gasteiger partial charge in [-0.2, -0.15) is 0 Å². The highest BCUT2D eigenvalue weighted by atomic mass is 35.5. The standard InChI is InChI=1S/C23H16ClN3O5/c24-15-12-10-14(11-13-15)20-19-21(32-26(20)16-6-2-1-3-7-16)23(29)25(22(19)28)17-8-4-5-9-18(17)27(30)31/h1-13,19-21H/t19-,20-,21+/m0/s1. The maximum Gasteiger partial charge on any atom is 0.293 e. The molecule has 32 heavy (non-hydrogen) atoms. The highest BCUT2D eigenvalue weighted by molar-refractivity contribution is 6.30. The van der Waals surface area contributed by atoms with E-state index in [1.165, 1.54) is 18.2 Å². The number of para-hydroxylation sites is 3. The highest BCUT2D eigenvalue weighted by Gasteiger charge is 2.61. The Morgan fingerprint density at radius 3 is 2.22 bits per heavy atom. The van der Waals surface area contributed by atoms with Gasteiger partial charge in [-0.15, -0.1) is 0 Å². The summed E-state index contributed by atoms with van der Waals surface area (Å²) in [5.74, 6) is -2.07. The topological polar surface area (TPSA) is 93.0 Å². The van der Waals surface area contributed by atoms with E-state index >= 15 is 0 Å². The minimum Gasteiger partial charge on any atom is -0.273 e. The van der Waals surface area contributed by atoms with Crippen LogP contribution in [0.25, 0.3) is 0 Å². The molecule has 0 N–H and O–H groups in total. The molecule has 3 aromatic carbocycles. The van der Waals surface area contributed by atoms with E-state index in [0.29, 0.717) is 10.7 Å². The number of nitro benzene ring substituents is 1. The van der Waals surface area contributed by atoms with Crippen LogP contribution in [0, 0.1) is 16.0 Å². The number of amides is 2. The summed E-state index contributed by atoms with van der Waals surface area (Å²) < 4.78 is 0. The van der Waals surface area contributed by atoms with E-state index in [0.717, 1.165) is 10.5 Å². The van der Waals surface area contributed by atoms with Crippen molar-refractivity contribution in [1.82, 2.24) is 0 Å². The average molecular weight is 450 g/mol. The number of carbonyl (C=O) groups is 2. The molecule has 0 saturated carbocycles. The SMILES string of the molecule is O=C1[C@@H]2[C@@H](ON(c3ccccc3)[C@H]2c2ccc(Cl)cc2)C(=O)N1c1ccccc1[N+](=O)[O-]. The predicted octanol–water partition coefficient (Wildman–Crippen LogP) is 4.30. The van der Waals surface area contributed by atoms with Crippen LogP contribution in [0.5, 0.6) is 0 Å². The van der Waals surface area contributed by atoms with Gasteiger partial charge in [0.1, 0.15) is 11.6 Å². The lowest BCUT2D eigenvalue weighted by atomic mass is 9.90. The molecule has 0 aromatic heterocycles. The van der Waals surface area contributed by atoms with Gasteiger partial charge in [0.15, 0.2) is 6.10 Å². The molecule has 0 unspecified atom stereocenters. The molecule has 0 radical (unpaired) electrons. The molecule has 2 aliphatic heterocycles. The molecular formula is C23H16ClN3O5. The quantitative estimate of drug-likeness (QED) is 0.335. The summed E-state index contributed by atoms with van der Waals surface area (Å²) in [7, 11) is 0. The Balaban J connectivity index is 1.60. The first-order valence-electron chi connectivity index (χ1n) is 9.85. The first-order chi connectivity index (χ1) is 15.5. The Morgan fingerprint density at radius 2 is 1.53 bits per heavy atom. The van der Waals surface area contributed by atoms with Crippen LogP contribution >= 0.6 is 11.6 Å². The van der Waals surface area contributed by atoms with Crippen molar-refractivity contribution in [2.24, 2.45) is 5.92 Å². The summed E-state index contributed by atoms with van der Waals surface area (Å²) in [4.78, 5) is 44.6. The third-order valence-corrected chi connectivity index (χ3v) is 5.91. The molecule has 9 heteroatoms. The van der Waals surface area contributed by atoms with E-state index in [1.807, 2.05) is 30.3 Å². The van der Waals surface area contributed by atoms with Crippen LogP contribution in [0.2, 0.25) is 5.02 Å². The van der Waals surface area contributed by atoms with Gasteiger partial charge in [0.2, 0.25) is 5.91 Å². The van der Waals surface area contributed by atoms with Crippen LogP contribution in [0.4, 0.5) is 17.1 Å². The summed E-state index contributed by atoms with van der Waals surface area (Å²) in [5.41, 5.74) is 1.03. The summed E-state index contributed by atoms with van der Waals surface area (Å²) in [6.07, 6.45) is -1.11. The van der Waals surface area contributed by atoms with Crippen molar-refractivity contribution in [2.75, 3.05) is 9.96 Å². The zero-order chi connectivity index (χ0) is 22.4. The minimum atomic E-state index is -1.11. The number of hydroxylamine groups is 1. The number of benzene rings is 3. The van der Waals surface area contributed by atoms with E-state index in [4.69, 9.17) is 16.4 Å². The van der Waals surface area contributed by atoms with Crippen molar-refractivity contribution in [3.8, 4) is 0 Å². The Kier molecular flexibility index (Phi) is 4.88. The summed E-state index contributed by atoms with van der Waals surface area (Å²) >= 11 is 6.05. The maximum atomic E-state index is 13.5. The number of hydrogen-bond acceptors (Lipinski definition) is 6. The van der Waals surface area contributed by atoms with E-state index in [-0.39, 0.29) is 11.4 Å². The molecule has 2 fully saturated rings. The van der Waals surface area contributed by atoms with Gasteiger partial charge in [0, 0.05) is 11.1 Å². The third kappa shape index (κ3) is 3.12. The van der Waals surface area contributed by atoms with Gasteiger partial charge in [-0.05, 0) is 35.9 Å². The number of anilines is 2. The fraction of sp³-hybridized carbons (Fsp3) is 0.130. The third-order valence-electron chi connectivity index (χ3n) is 5.66. The molecule has 2 amide bonds. The molecule has 2 aliphatic rings. The normalized spacial score (nSPS) is 22.3. The van der Waals surface area contributed by atoms with Crippen LogP contribution in [-0.4, -0.2) is 22.8 Å². The van der Waals surface area contributed by atoms with Gasteiger partial charge < -0.3 is 0 Å². The lowest BCUT2D eigenvalue weighted by Gasteiger charge is -2.28. The number of nitrogens with zero attached hydrogens (tertiary/aromatic N) is 3. The first-order valence-corrected chi connectivity index (χ1v) is 10.2. The van der Waals surface area contributed by atoms with E-state index in [9.17, 15) is 19.7 Å². The van der Waals surface area contributed by atoms with Gasteiger partial charge in [-0.1, -0.05) is 54.1 Å². The predicted molar refractivity (Wildman–Crippen MR) is 117 cm³/mol. The molecule has 2 heterocycles. The molecule has 2 saturated heterocycles. The molecule has 3 aromatic rings. The van der Waals surface area contributed by atoms with Crippen molar-refractivity contribution in [2.45, 2.75) is 12.1 Å². The molecule has 5 rings (SSSR count). The van der Waals surface area contributed by atoms with Crippen molar-refractivity contribution in [3.63, 3.8) is 0 Å². The Morgan fingerprint density at radius 1 is 0.875 bits per heavy atom. The number of halogens is 1. The maximum absolute atomic E-state index is 13.5. The first kappa shape index (κ1) is 20.2. The van der Waals surface area contributed by atoms with Gasteiger partial charge >= 0.3 is 0 Å². The zero-order valence-electron chi connectivity index (χ0n) is 16.5. The zero-order valence-corrected chi connectivity index (χ0v) is 17.3. The van der Waals surface area contributed by atoms with Gasteiger partial charge in [-0.25, -0.2) is 9.96 Å². The molecule has 8 nitrogen and oxygen atoms in total. The number of hydrogen-bond donors (Lipinski definition) is 0. The Bertz CT molecular complexity index is 1220. The minimum absolute atomic E-state index is 0.0633. The summed E-state index contributed by atoms with van der Waals surface area (Å²) in [5, 5.41) is 13.6. The molecule has 0 aliphatic carbocycles. The number of rotatable bonds is 4. The van der Waals surface area contributed by atoms with Crippen molar-refractivity contribution in [3.05, 3.63) is 99.6 Å². The Hall–Kier alpha value is -3.75. The largest absolute Gasteiger partial charge is 0.293 e. The van der Waals surface area contributed by atoms with Crippen LogP contribution in [0.3, 0.4) is 0 Å². The second kappa shape index (κ2) is 7.74. The van der Waals surface area contributed by atoms with E-state index in [1.54, 1.807) is 35.4 Å². The molecule has 0 bridgehead atoms. The van der Waals surface area contributed by atoms with Crippen molar-refractivity contribution >= 4 is 40.5 Å². The molecule has 160 valence electrons. The lowest BCUT2D eigenvalue weighted by Crippen LogP contribution is -2.37. The van der Waals surface area contributed by atoms with Crippen molar-refractivity contribution in [1.29, 1.82) is 0 Å². The number of imide groups is 1. The molecule has 3 atom stereocenters. The fourth-order valence-corrected chi connectivity index (χ4v) is 4.38. The highest BCUT2D eigenvalue weighted by Crippen LogP contribution is 2.48. The van der Waals surface area contributed by atoms with Gasteiger partial charge in [0.25, 0.3) is 11.6 Å². The van der Waals surface area contributed by atoms with Crippen LogP contribution < -0.4 is 9.96 Å². The van der Waals surface area contributed by atoms with Gasteiger partial charge in [-0.3, -0.25) is 24.5 Å². The van der Waals surface area contributed by atoms with Crippen LogP contribution in [0.15, 0.2) is 78.9 Å². The molecule has 0 spiro atoms. The van der Waals surface area contributed by atoms with Crippen molar-refractivity contribution < 1.29 is 19.3 Å². The van der Waals surface area contributed by atoms with Gasteiger partial charge in [0.05, 0.1) is 16.7 Å². The summed E-state index contributed by atoms with van der Waals surface area (Å²) in [6, 6.07) is 21.2. The summed E-state index contributed by atoms with van der Waals surface area (Å²) in [6.45, 7) is 0. The number of nitro groups is 1. The number of fused-ring (bicyclic) bond motifs is 1. The fourth-order valence-electron chi connectivity index (χ4n) is 4.26. The Labute approximate surface area is 187 Å². The monoisotopic (exact) mass is 449 g/mol. The second-order valence-corrected chi connectivity index (χ2v) is 7.90. The second-order valence-electron chi connectivity index (χ2n) is 7.47. The smallest absolute Gasteiger partial charge is 0.273 e. The lowest BCUT2D eigenvalue weighted by molar-refractivity contribution is -0.384. The number of carbonyl (C=O) groups excluding carboxylic acids is 2. The molecular weight excluding hydrogens is 434 g/mol. The van der Waals surface area contributed by atoms with Crippen LogP contribution in [0.1, 0.15) is 11.6 Å². The van der Waals surface area contributed by atoms with E-state index in [2.05, 4.69) is 0 Å².